The van der Waals surface area contributed by atoms with Crippen LogP contribution in [-0.4, -0.2) is 9.78 Å². The highest BCUT2D eigenvalue weighted by molar-refractivity contribution is 5.28. The highest BCUT2D eigenvalue weighted by atomic mass is 19.1. The van der Waals surface area contributed by atoms with Gasteiger partial charge in [0.15, 0.2) is 0 Å². The highest BCUT2D eigenvalue weighted by Crippen LogP contribution is 2.31. The summed E-state index contributed by atoms with van der Waals surface area (Å²) in [6, 6.07) is 5.92. The molecule has 1 aromatic heterocycles. The van der Waals surface area contributed by atoms with E-state index < -0.39 is 0 Å². The quantitative estimate of drug-likeness (QED) is 0.935. The minimum atomic E-state index is -0.133. The van der Waals surface area contributed by atoms with E-state index in [2.05, 4.69) is 17.3 Å². The van der Waals surface area contributed by atoms with Crippen molar-refractivity contribution >= 4 is 0 Å². The molecule has 1 N–H and O–H groups in total. The Morgan fingerprint density at radius 1 is 1.43 bits per heavy atom. The molecule has 0 saturated heterocycles. The molecule has 1 aromatic carbocycles. The molecule has 0 aliphatic heterocycles. The lowest BCUT2D eigenvalue weighted by Gasteiger charge is -2.27. The van der Waals surface area contributed by atoms with Gasteiger partial charge in [-0.25, -0.2) is 4.39 Å². The fourth-order valence-electron chi connectivity index (χ4n) is 3.16. The molecular formula is C17H22FN3. The van der Waals surface area contributed by atoms with Crippen LogP contribution >= 0.6 is 0 Å². The van der Waals surface area contributed by atoms with Gasteiger partial charge >= 0.3 is 0 Å². The van der Waals surface area contributed by atoms with Gasteiger partial charge in [-0.3, -0.25) is 4.68 Å². The SMILES string of the molecule is Cc1ccc(C(C)NC2CCCc3c2cnn3C)cc1F. The molecule has 2 aromatic rings. The Morgan fingerprint density at radius 3 is 3.00 bits per heavy atom. The summed E-state index contributed by atoms with van der Waals surface area (Å²) < 4.78 is 15.7. The van der Waals surface area contributed by atoms with E-state index in [1.165, 1.54) is 17.7 Å². The van der Waals surface area contributed by atoms with Crippen LogP contribution < -0.4 is 5.32 Å². The fourth-order valence-corrected chi connectivity index (χ4v) is 3.16. The summed E-state index contributed by atoms with van der Waals surface area (Å²) in [5.41, 5.74) is 4.30. The van der Waals surface area contributed by atoms with Gasteiger partial charge in [0.1, 0.15) is 5.82 Å². The van der Waals surface area contributed by atoms with Crippen molar-refractivity contribution in [3.63, 3.8) is 0 Å². The van der Waals surface area contributed by atoms with E-state index in [-0.39, 0.29) is 11.9 Å². The number of fused-ring (bicyclic) bond motifs is 1. The van der Waals surface area contributed by atoms with Gasteiger partial charge in [-0.2, -0.15) is 5.10 Å². The summed E-state index contributed by atoms with van der Waals surface area (Å²) in [4.78, 5) is 0. The summed E-state index contributed by atoms with van der Waals surface area (Å²) in [6.45, 7) is 3.88. The number of aromatic nitrogens is 2. The van der Waals surface area contributed by atoms with E-state index in [1.807, 2.05) is 30.1 Å². The molecule has 0 bridgehead atoms. The molecule has 21 heavy (non-hydrogen) atoms. The predicted octanol–water partition coefficient (Wildman–Crippen LogP) is 3.60. The average molecular weight is 287 g/mol. The second-order valence-electron chi connectivity index (χ2n) is 6.01. The number of rotatable bonds is 3. The van der Waals surface area contributed by atoms with E-state index in [4.69, 9.17) is 0 Å². The minimum absolute atomic E-state index is 0.122. The molecule has 0 amide bonds. The van der Waals surface area contributed by atoms with Gasteiger partial charge in [-0.05, 0) is 50.3 Å². The number of hydrogen-bond donors (Lipinski definition) is 1. The lowest BCUT2D eigenvalue weighted by Crippen LogP contribution is -2.27. The molecule has 0 spiro atoms. The van der Waals surface area contributed by atoms with E-state index in [1.54, 1.807) is 13.0 Å². The number of nitrogens with one attached hydrogen (secondary N) is 1. The maximum atomic E-state index is 13.7. The van der Waals surface area contributed by atoms with E-state index in [9.17, 15) is 4.39 Å². The lowest BCUT2D eigenvalue weighted by molar-refractivity contribution is 0.410. The molecule has 1 heterocycles. The van der Waals surface area contributed by atoms with E-state index in [0.717, 1.165) is 18.4 Å². The molecule has 4 heteroatoms. The lowest BCUT2D eigenvalue weighted by atomic mass is 9.92. The first-order chi connectivity index (χ1) is 10.1. The molecule has 112 valence electrons. The fraction of sp³-hybridized carbons (Fsp3) is 0.471. The first kappa shape index (κ1) is 14.3. The van der Waals surface area contributed by atoms with Gasteiger partial charge in [0.05, 0.1) is 6.20 Å². The average Bonchev–Trinajstić information content (AvgIpc) is 2.85. The van der Waals surface area contributed by atoms with Crippen molar-refractivity contribution in [2.75, 3.05) is 0 Å². The van der Waals surface area contributed by atoms with Crippen molar-refractivity contribution in [2.45, 2.75) is 45.2 Å². The summed E-state index contributed by atoms with van der Waals surface area (Å²) in [5.74, 6) is -0.133. The number of aryl methyl sites for hydroxylation is 2. The van der Waals surface area contributed by atoms with Crippen LogP contribution in [0.5, 0.6) is 0 Å². The number of nitrogens with zero attached hydrogens (tertiary/aromatic N) is 2. The Morgan fingerprint density at radius 2 is 2.24 bits per heavy atom. The molecule has 1 aliphatic rings. The third-order valence-electron chi connectivity index (χ3n) is 4.52. The van der Waals surface area contributed by atoms with Crippen LogP contribution in [0.15, 0.2) is 24.4 Å². The Hall–Kier alpha value is -1.68. The smallest absolute Gasteiger partial charge is 0.126 e. The third kappa shape index (κ3) is 2.72. The van der Waals surface area contributed by atoms with Crippen molar-refractivity contribution in [1.29, 1.82) is 0 Å². The zero-order valence-electron chi connectivity index (χ0n) is 12.9. The molecule has 1 aliphatic carbocycles. The van der Waals surface area contributed by atoms with Gasteiger partial charge in [0, 0.05) is 30.4 Å². The molecular weight excluding hydrogens is 265 g/mol. The Kier molecular flexibility index (Phi) is 3.81. The zero-order valence-corrected chi connectivity index (χ0v) is 12.9. The van der Waals surface area contributed by atoms with E-state index >= 15 is 0 Å². The topological polar surface area (TPSA) is 29.9 Å². The first-order valence-corrected chi connectivity index (χ1v) is 7.59. The van der Waals surface area contributed by atoms with Gasteiger partial charge in [-0.1, -0.05) is 12.1 Å². The second-order valence-corrected chi connectivity index (χ2v) is 6.01. The Bertz CT molecular complexity index is 647. The Balaban J connectivity index is 1.79. The van der Waals surface area contributed by atoms with Crippen LogP contribution in [0.25, 0.3) is 0 Å². The van der Waals surface area contributed by atoms with Crippen LogP contribution in [0.1, 0.15) is 54.2 Å². The molecule has 0 saturated carbocycles. The molecule has 3 rings (SSSR count). The molecule has 2 unspecified atom stereocenters. The monoisotopic (exact) mass is 287 g/mol. The van der Waals surface area contributed by atoms with Crippen molar-refractivity contribution < 1.29 is 4.39 Å². The van der Waals surface area contributed by atoms with Crippen LogP contribution in [0.4, 0.5) is 4.39 Å². The maximum Gasteiger partial charge on any atom is 0.126 e. The van der Waals surface area contributed by atoms with E-state index in [0.29, 0.717) is 11.6 Å². The molecule has 0 fully saturated rings. The van der Waals surface area contributed by atoms with Crippen molar-refractivity contribution in [3.05, 3.63) is 52.6 Å². The first-order valence-electron chi connectivity index (χ1n) is 7.59. The summed E-state index contributed by atoms with van der Waals surface area (Å²) in [6.07, 6.45) is 5.34. The van der Waals surface area contributed by atoms with Crippen molar-refractivity contribution in [1.82, 2.24) is 15.1 Å². The van der Waals surface area contributed by atoms with Crippen molar-refractivity contribution in [3.8, 4) is 0 Å². The second kappa shape index (κ2) is 5.60. The molecule has 0 radical (unpaired) electrons. The zero-order chi connectivity index (χ0) is 15.0. The summed E-state index contributed by atoms with van der Waals surface area (Å²) in [5, 5.41) is 8.00. The van der Waals surface area contributed by atoms with Crippen LogP contribution in [0, 0.1) is 12.7 Å². The van der Waals surface area contributed by atoms with Gasteiger partial charge in [0.2, 0.25) is 0 Å². The van der Waals surface area contributed by atoms with Gasteiger partial charge in [0.25, 0.3) is 0 Å². The largest absolute Gasteiger partial charge is 0.303 e. The number of halogens is 1. The molecule has 2 atom stereocenters. The van der Waals surface area contributed by atoms with Crippen LogP contribution in [0.2, 0.25) is 0 Å². The van der Waals surface area contributed by atoms with Crippen LogP contribution in [0.3, 0.4) is 0 Å². The summed E-state index contributed by atoms with van der Waals surface area (Å²) >= 11 is 0. The Labute approximate surface area is 125 Å². The number of hydrogen-bond acceptors (Lipinski definition) is 2. The van der Waals surface area contributed by atoms with Crippen molar-refractivity contribution in [2.24, 2.45) is 7.05 Å². The molecule has 3 nitrogen and oxygen atoms in total. The number of benzene rings is 1. The van der Waals surface area contributed by atoms with Gasteiger partial charge < -0.3 is 5.32 Å². The van der Waals surface area contributed by atoms with Gasteiger partial charge in [-0.15, -0.1) is 0 Å². The van der Waals surface area contributed by atoms with Crippen LogP contribution in [-0.2, 0) is 13.5 Å². The summed E-state index contributed by atoms with van der Waals surface area (Å²) in [7, 11) is 2.00. The normalized spacial score (nSPS) is 19.3. The maximum absolute atomic E-state index is 13.7. The predicted molar refractivity (Wildman–Crippen MR) is 81.6 cm³/mol. The minimum Gasteiger partial charge on any atom is -0.303 e. The highest BCUT2D eigenvalue weighted by Gasteiger charge is 2.24. The third-order valence-corrected chi connectivity index (χ3v) is 4.52. The standard InChI is InChI=1S/C17H22FN3/c1-11-7-8-13(9-15(11)18)12(2)20-16-5-4-6-17-14(16)10-19-21(17)3/h7-10,12,16,20H,4-6H2,1-3H3.